The van der Waals surface area contributed by atoms with Crippen LogP contribution in [-0.4, -0.2) is 47.9 Å². The predicted molar refractivity (Wildman–Crippen MR) is 111 cm³/mol. The van der Waals surface area contributed by atoms with Crippen LogP contribution in [0.25, 0.3) is 0 Å². The molecule has 0 aliphatic carbocycles. The van der Waals surface area contributed by atoms with Crippen LogP contribution in [0, 0.1) is 16.0 Å². The second-order valence-corrected chi connectivity index (χ2v) is 7.33. The molecule has 0 unspecified atom stereocenters. The summed E-state index contributed by atoms with van der Waals surface area (Å²) in [5.74, 6) is 0.861. The lowest BCUT2D eigenvalue weighted by molar-refractivity contribution is -0.384. The maximum absolute atomic E-state index is 12.3. The number of para-hydroxylation sites is 1. The van der Waals surface area contributed by atoms with Crippen LogP contribution in [0.4, 0.5) is 5.69 Å². The van der Waals surface area contributed by atoms with E-state index >= 15 is 0 Å². The van der Waals surface area contributed by atoms with Crippen molar-refractivity contribution in [2.24, 2.45) is 5.92 Å². The fraction of sp³-hybridized carbons (Fsp3) is 0.364. The molecule has 1 aliphatic heterocycles. The Balaban J connectivity index is 1.34. The third-order valence-corrected chi connectivity index (χ3v) is 5.17. The molecule has 158 valence electrons. The highest BCUT2D eigenvalue weighted by atomic mass is 16.6. The number of nitro benzene ring substituents is 1. The first-order valence-electron chi connectivity index (χ1n) is 9.97. The van der Waals surface area contributed by atoms with E-state index in [-0.39, 0.29) is 30.5 Å². The maximum Gasteiger partial charge on any atom is 0.269 e. The number of likely N-dealkylation sites (tertiary alicyclic amines) is 1. The van der Waals surface area contributed by atoms with Crippen LogP contribution in [0.15, 0.2) is 54.6 Å². The lowest BCUT2D eigenvalue weighted by Gasteiger charge is -2.32. The van der Waals surface area contributed by atoms with E-state index in [4.69, 9.17) is 4.74 Å². The minimum Gasteiger partial charge on any atom is -0.484 e. The predicted octanol–water partition coefficient (Wildman–Crippen LogP) is 2.57. The van der Waals surface area contributed by atoms with E-state index in [9.17, 15) is 19.7 Å². The Hall–Kier alpha value is -3.42. The van der Waals surface area contributed by atoms with Gasteiger partial charge < -0.3 is 15.0 Å². The van der Waals surface area contributed by atoms with Gasteiger partial charge >= 0.3 is 0 Å². The van der Waals surface area contributed by atoms with Crippen LogP contribution in [0.5, 0.6) is 5.75 Å². The molecule has 0 atom stereocenters. The first-order valence-corrected chi connectivity index (χ1v) is 9.97. The molecule has 0 spiro atoms. The van der Waals surface area contributed by atoms with Gasteiger partial charge in [-0.25, -0.2) is 0 Å². The smallest absolute Gasteiger partial charge is 0.269 e. The van der Waals surface area contributed by atoms with Crippen LogP contribution in [-0.2, 0) is 16.0 Å². The number of ether oxygens (including phenoxy) is 1. The van der Waals surface area contributed by atoms with Crippen molar-refractivity contribution >= 4 is 17.5 Å². The lowest BCUT2D eigenvalue weighted by atomic mass is 9.96. The Kier molecular flexibility index (Phi) is 7.37. The number of non-ortho nitro benzene ring substituents is 1. The summed E-state index contributed by atoms with van der Waals surface area (Å²) in [5.41, 5.74) is 0.742. The summed E-state index contributed by atoms with van der Waals surface area (Å²) in [7, 11) is 0. The topological polar surface area (TPSA) is 102 Å². The quantitative estimate of drug-likeness (QED) is 0.531. The highest BCUT2D eigenvalue weighted by Crippen LogP contribution is 2.17. The van der Waals surface area contributed by atoms with Gasteiger partial charge in [0.05, 0.1) is 11.3 Å². The zero-order chi connectivity index (χ0) is 21.3. The maximum atomic E-state index is 12.3. The van der Waals surface area contributed by atoms with E-state index in [1.165, 1.54) is 12.1 Å². The molecule has 0 radical (unpaired) electrons. The molecule has 0 saturated carbocycles. The van der Waals surface area contributed by atoms with Crippen molar-refractivity contribution in [2.75, 3.05) is 26.2 Å². The summed E-state index contributed by atoms with van der Waals surface area (Å²) < 4.78 is 5.52. The number of carbonyl (C=O) groups excluding carboxylic acids is 2. The largest absolute Gasteiger partial charge is 0.484 e. The molecule has 2 aromatic rings. The van der Waals surface area contributed by atoms with Crippen molar-refractivity contribution in [1.29, 1.82) is 0 Å². The van der Waals surface area contributed by atoms with Crippen molar-refractivity contribution in [3.8, 4) is 5.75 Å². The van der Waals surface area contributed by atoms with E-state index in [1.807, 2.05) is 30.3 Å². The number of benzene rings is 2. The second-order valence-electron chi connectivity index (χ2n) is 7.33. The van der Waals surface area contributed by atoms with Crippen LogP contribution in [0.2, 0.25) is 0 Å². The highest BCUT2D eigenvalue weighted by molar-refractivity contribution is 5.79. The summed E-state index contributed by atoms with van der Waals surface area (Å²) in [6, 6.07) is 15.2. The molecule has 0 bridgehead atoms. The summed E-state index contributed by atoms with van der Waals surface area (Å²) in [4.78, 5) is 36.5. The normalized spacial score (nSPS) is 14.2. The van der Waals surface area contributed by atoms with Crippen LogP contribution < -0.4 is 10.1 Å². The SMILES string of the molecule is O=C(Cc1ccc([N+](=O)[O-])cc1)NCC1CCN(C(=O)COc2ccccc2)CC1. The van der Waals surface area contributed by atoms with Gasteiger partial charge in [0.1, 0.15) is 5.75 Å². The molecular weight excluding hydrogens is 386 g/mol. The Labute approximate surface area is 175 Å². The number of nitrogens with one attached hydrogen (secondary N) is 1. The fourth-order valence-corrected chi connectivity index (χ4v) is 3.38. The van der Waals surface area contributed by atoms with Gasteiger partial charge in [0.25, 0.3) is 11.6 Å². The summed E-state index contributed by atoms with van der Waals surface area (Å²) in [6.45, 7) is 1.90. The minimum atomic E-state index is -0.464. The van der Waals surface area contributed by atoms with Crippen LogP contribution in [0.3, 0.4) is 0 Å². The molecule has 3 rings (SSSR count). The molecule has 8 heteroatoms. The molecule has 1 fully saturated rings. The van der Waals surface area contributed by atoms with Crippen molar-refractivity contribution in [3.05, 3.63) is 70.3 Å². The highest BCUT2D eigenvalue weighted by Gasteiger charge is 2.23. The van der Waals surface area contributed by atoms with E-state index in [2.05, 4.69) is 5.32 Å². The van der Waals surface area contributed by atoms with Gasteiger partial charge in [0.2, 0.25) is 5.91 Å². The van der Waals surface area contributed by atoms with Crippen molar-refractivity contribution in [1.82, 2.24) is 10.2 Å². The molecule has 1 heterocycles. The average molecular weight is 411 g/mol. The molecule has 0 aromatic heterocycles. The van der Waals surface area contributed by atoms with Crippen LogP contribution >= 0.6 is 0 Å². The zero-order valence-corrected chi connectivity index (χ0v) is 16.7. The average Bonchev–Trinajstić information content (AvgIpc) is 2.77. The molecule has 30 heavy (non-hydrogen) atoms. The Morgan fingerprint density at radius 1 is 1.07 bits per heavy atom. The van der Waals surface area contributed by atoms with E-state index in [0.717, 1.165) is 18.4 Å². The lowest BCUT2D eigenvalue weighted by Crippen LogP contribution is -2.43. The first-order chi connectivity index (χ1) is 14.5. The van der Waals surface area contributed by atoms with Crippen molar-refractivity contribution in [3.63, 3.8) is 0 Å². The Morgan fingerprint density at radius 3 is 2.37 bits per heavy atom. The number of hydrogen-bond donors (Lipinski definition) is 1. The van der Waals surface area contributed by atoms with Gasteiger partial charge in [-0.15, -0.1) is 0 Å². The standard InChI is InChI=1S/C22H25N3O5/c26-21(14-17-6-8-19(9-7-17)25(28)29)23-15-18-10-12-24(13-11-18)22(27)16-30-20-4-2-1-3-5-20/h1-9,18H,10-16H2,(H,23,26). The Bertz CT molecular complexity index is 862. The molecule has 2 aromatic carbocycles. The van der Waals surface area contributed by atoms with Gasteiger partial charge in [0.15, 0.2) is 6.61 Å². The fourth-order valence-electron chi connectivity index (χ4n) is 3.38. The molecule has 8 nitrogen and oxygen atoms in total. The number of piperidine rings is 1. The number of nitrogens with zero attached hydrogens (tertiary/aromatic N) is 2. The number of rotatable bonds is 8. The number of carbonyl (C=O) groups is 2. The van der Waals surface area contributed by atoms with Gasteiger partial charge in [0, 0.05) is 31.8 Å². The minimum absolute atomic E-state index is 0.00892. The third-order valence-electron chi connectivity index (χ3n) is 5.17. The van der Waals surface area contributed by atoms with E-state index in [1.54, 1.807) is 17.0 Å². The first kappa shape index (κ1) is 21.3. The summed E-state index contributed by atoms with van der Waals surface area (Å²) >= 11 is 0. The van der Waals surface area contributed by atoms with E-state index < -0.39 is 4.92 Å². The van der Waals surface area contributed by atoms with Crippen LogP contribution in [0.1, 0.15) is 18.4 Å². The summed E-state index contributed by atoms with van der Waals surface area (Å²) in [5, 5.41) is 13.6. The summed E-state index contributed by atoms with van der Waals surface area (Å²) in [6.07, 6.45) is 1.84. The van der Waals surface area contributed by atoms with Gasteiger partial charge in [-0.2, -0.15) is 0 Å². The van der Waals surface area contributed by atoms with Gasteiger partial charge in [-0.3, -0.25) is 19.7 Å². The van der Waals surface area contributed by atoms with Gasteiger partial charge in [-0.1, -0.05) is 30.3 Å². The number of amides is 2. The number of hydrogen-bond acceptors (Lipinski definition) is 5. The monoisotopic (exact) mass is 411 g/mol. The van der Waals surface area contributed by atoms with E-state index in [0.29, 0.717) is 31.3 Å². The third kappa shape index (κ3) is 6.30. The number of nitro groups is 1. The molecule has 1 saturated heterocycles. The van der Waals surface area contributed by atoms with Gasteiger partial charge in [-0.05, 0) is 36.5 Å². The van der Waals surface area contributed by atoms with Crippen molar-refractivity contribution < 1.29 is 19.2 Å². The molecule has 2 amide bonds. The van der Waals surface area contributed by atoms with Crippen molar-refractivity contribution in [2.45, 2.75) is 19.3 Å². The molecule has 1 aliphatic rings. The second kappa shape index (κ2) is 10.4. The Morgan fingerprint density at radius 2 is 1.73 bits per heavy atom. The zero-order valence-electron chi connectivity index (χ0n) is 16.7. The molecule has 1 N–H and O–H groups in total. The molecular formula is C22H25N3O5.